The maximum atomic E-state index is 12.6. The molecule has 0 saturated carbocycles. The van der Waals surface area contributed by atoms with Crippen LogP contribution in [-0.4, -0.2) is 29.3 Å². The number of nitrogens with one attached hydrogen (secondary N) is 1. The van der Waals surface area contributed by atoms with Gasteiger partial charge in [-0.25, -0.2) is 4.79 Å². The smallest absolute Gasteiger partial charge is 0.349 e. The first-order chi connectivity index (χ1) is 15.7. The van der Waals surface area contributed by atoms with Gasteiger partial charge in [0, 0.05) is 29.7 Å². The third-order valence-electron chi connectivity index (χ3n) is 5.48. The maximum Gasteiger partial charge on any atom is 0.349 e. The van der Waals surface area contributed by atoms with Crippen LogP contribution in [0.25, 0.3) is 6.08 Å². The molecule has 1 unspecified atom stereocenters. The van der Waals surface area contributed by atoms with Crippen molar-refractivity contribution in [1.82, 2.24) is 4.57 Å². The number of hydrogen-bond donors (Lipinski definition) is 1. The van der Waals surface area contributed by atoms with Crippen LogP contribution in [0.2, 0.25) is 0 Å². The van der Waals surface area contributed by atoms with Gasteiger partial charge in [-0.05, 0) is 62.9 Å². The molecule has 0 radical (unpaired) electrons. The summed E-state index contributed by atoms with van der Waals surface area (Å²) in [6.45, 7) is 10.7. The van der Waals surface area contributed by atoms with Crippen LogP contribution in [0.1, 0.15) is 44.1 Å². The van der Waals surface area contributed by atoms with E-state index in [0.717, 1.165) is 29.9 Å². The fraction of sp³-hybridized carbons (Fsp3) is 0.400. The van der Waals surface area contributed by atoms with Crippen LogP contribution in [0.4, 0.5) is 5.69 Å². The van der Waals surface area contributed by atoms with Crippen molar-refractivity contribution in [3.8, 4) is 17.6 Å². The summed E-state index contributed by atoms with van der Waals surface area (Å²) < 4.78 is 18.0. The van der Waals surface area contributed by atoms with Gasteiger partial charge in [0.2, 0.25) is 6.79 Å². The minimum absolute atomic E-state index is 0.129. The second kappa shape index (κ2) is 10.3. The molecule has 0 bridgehead atoms. The van der Waals surface area contributed by atoms with Gasteiger partial charge >= 0.3 is 5.97 Å². The first-order valence-corrected chi connectivity index (χ1v) is 10.9. The normalized spacial score (nSPS) is 13.5. The van der Waals surface area contributed by atoms with E-state index in [1.54, 1.807) is 18.2 Å². The summed E-state index contributed by atoms with van der Waals surface area (Å²) in [5, 5.41) is 12.2. The molecular weight excluding hydrogens is 422 g/mol. The van der Waals surface area contributed by atoms with Crippen LogP contribution in [0.15, 0.2) is 29.8 Å². The molecule has 3 rings (SSSR count). The number of aryl methyl sites for hydroxylation is 1. The lowest BCUT2D eigenvalue weighted by atomic mass is 10.1. The van der Waals surface area contributed by atoms with Crippen molar-refractivity contribution in [3.05, 3.63) is 46.8 Å². The zero-order valence-electron chi connectivity index (χ0n) is 19.6. The number of hydrogen-bond acceptors (Lipinski definition) is 6. The molecule has 174 valence electrons. The average molecular weight is 452 g/mol. The minimum atomic E-state index is -1.10. The molecule has 2 heterocycles. The highest BCUT2D eigenvalue weighted by molar-refractivity contribution is 6.01. The molecule has 1 atom stereocenters. The highest BCUT2D eigenvalue weighted by Crippen LogP contribution is 2.34. The van der Waals surface area contributed by atoms with Crippen molar-refractivity contribution >= 4 is 23.6 Å². The SMILES string of the molecule is Cc1cc(/C=C(\C#N)C(=O)OC(C)C(=O)Nc2ccc3c(c2)OCO3)c(C)n1CCC(C)C. The number of aromatic nitrogens is 1. The Balaban J connectivity index is 1.66. The van der Waals surface area contributed by atoms with Gasteiger partial charge in [0.05, 0.1) is 0 Å². The lowest BCUT2D eigenvalue weighted by molar-refractivity contribution is -0.148. The molecule has 33 heavy (non-hydrogen) atoms. The van der Waals surface area contributed by atoms with Gasteiger partial charge in [0.25, 0.3) is 5.91 Å². The molecule has 2 aromatic rings. The lowest BCUT2D eigenvalue weighted by Gasteiger charge is -2.13. The number of rotatable bonds is 8. The number of carbonyl (C=O) groups is 2. The number of amides is 1. The Morgan fingerprint density at radius 3 is 2.64 bits per heavy atom. The molecule has 0 spiro atoms. The Labute approximate surface area is 193 Å². The van der Waals surface area contributed by atoms with Gasteiger partial charge in [0.15, 0.2) is 17.6 Å². The summed E-state index contributed by atoms with van der Waals surface area (Å²) in [6.07, 6.45) is 1.44. The van der Waals surface area contributed by atoms with Crippen molar-refractivity contribution in [3.63, 3.8) is 0 Å². The van der Waals surface area contributed by atoms with Gasteiger partial charge in [-0.15, -0.1) is 0 Å². The maximum absolute atomic E-state index is 12.6. The Morgan fingerprint density at radius 1 is 1.21 bits per heavy atom. The van der Waals surface area contributed by atoms with E-state index in [2.05, 4.69) is 23.7 Å². The second-order valence-electron chi connectivity index (χ2n) is 8.44. The van der Waals surface area contributed by atoms with Crippen molar-refractivity contribution in [2.75, 3.05) is 12.1 Å². The molecule has 8 nitrogen and oxygen atoms in total. The van der Waals surface area contributed by atoms with E-state index in [9.17, 15) is 14.9 Å². The number of carbonyl (C=O) groups excluding carboxylic acids is 2. The largest absolute Gasteiger partial charge is 0.454 e. The Hall–Kier alpha value is -3.73. The standard InChI is InChI=1S/C25H29N3O5/c1-15(2)8-9-28-16(3)10-19(17(28)4)11-20(13-26)25(30)33-18(5)24(29)27-21-6-7-22-23(12-21)32-14-31-22/h6-7,10-12,15,18H,8-9,14H2,1-5H3,(H,27,29)/b20-11+. The highest BCUT2D eigenvalue weighted by Gasteiger charge is 2.22. The summed E-state index contributed by atoms with van der Waals surface area (Å²) in [6, 6.07) is 8.81. The number of anilines is 1. The van der Waals surface area contributed by atoms with Crippen LogP contribution in [0.5, 0.6) is 11.5 Å². The van der Waals surface area contributed by atoms with E-state index in [0.29, 0.717) is 23.1 Å². The number of fused-ring (bicyclic) bond motifs is 1. The molecule has 1 aromatic carbocycles. The highest BCUT2D eigenvalue weighted by atomic mass is 16.7. The third-order valence-corrected chi connectivity index (χ3v) is 5.48. The summed E-state index contributed by atoms with van der Waals surface area (Å²) in [5.41, 5.74) is 3.13. The van der Waals surface area contributed by atoms with E-state index >= 15 is 0 Å². The number of nitrogens with zero attached hydrogens (tertiary/aromatic N) is 2. The molecule has 0 fully saturated rings. The first kappa shape index (κ1) is 23.9. The average Bonchev–Trinajstić information content (AvgIpc) is 3.33. The van der Waals surface area contributed by atoms with Gasteiger partial charge in [-0.1, -0.05) is 13.8 Å². The Bertz CT molecular complexity index is 1120. The minimum Gasteiger partial charge on any atom is -0.454 e. The summed E-state index contributed by atoms with van der Waals surface area (Å²) >= 11 is 0. The predicted molar refractivity (Wildman–Crippen MR) is 124 cm³/mol. The summed E-state index contributed by atoms with van der Waals surface area (Å²) in [7, 11) is 0. The van der Waals surface area contributed by atoms with Crippen molar-refractivity contribution in [2.45, 2.75) is 53.7 Å². The molecule has 1 N–H and O–H groups in total. The summed E-state index contributed by atoms with van der Waals surface area (Å²) in [5.74, 6) is 0.322. The van der Waals surface area contributed by atoms with Crippen LogP contribution in [0.3, 0.4) is 0 Å². The number of nitriles is 1. The van der Waals surface area contributed by atoms with Crippen LogP contribution >= 0.6 is 0 Å². The monoisotopic (exact) mass is 451 g/mol. The molecule has 0 aliphatic carbocycles. The zero-order chi connectivity index (χ0) is 24.1. The van der Waals surface area contributed by atoms with Crippen LogP contribution in [-0.2, 0) is 20.9 Å². The molecule has 1 amide bonds. The third kappa shape index (κ3) is 5.75. The lowest BCUT2D eigenvalue weighted by Crippen LogP contribution is -2.30. The molecule has 1 aromatic heterocycles. The van der Waals surface area contributed by atoms with Crippen molar-refractivity contribution in [1.29, 1.82) is 5.26 Å². The van der Waals surface area contributed by atoms with E-state index in [1.165, 1.54) is 13.0 Å². The molecule has 1 aliphatic heterocycles. The van der Waals surface area contributed by atoms with E-state index in [-0.39, 0.29) is 12.4 Å². The molecule has 0 saturated heterocycles. The van der Waals surface area contributed by atoms with Crippen molar-refractivity contribution in [2.24, 2.45) is 5.92 Å². The van der Waals surface area contributed by atoms with Gasteiger partial charge in [-0.3, -0.25) is 4.79 Å². The number of esters is 1. The number of benzene rings is 1. The zero-order valence-corrected chi connectivity index (χ0v) is 19.6. The van der Waals surface area contributed by atoms with Crippen molar-refractivity contribution < 1.29 is 23.8 Å². The molecule has 8 heteroatoms. The van der Waals surface area contributed by atoms with E-state index < -0.39 is 18.0 Å². The Kier molecular flexibility index (Phi) is 7.44. The molecule has 1 aliphatic rings. The quantitative estimate of drug-likeness (QED) is 0.363. The van der Waals surface area contributed by atoms with Gasteiger partial charge in [-0.2, -0.15) is 5.26 Å². The van der Waals surface area contributed by atoms with E-state index in [4.69, 9.17) is 14.2 Å². The van der Waals surface area contributed by atoms with E-state index in [1.807, 2.05) is 26.0 Å². The second-order valence-corrected chi connectivity index (χ2v) is 8.44. The fourth-order valence-corrected chi connectivity index (χ4v) is 3.49. The number of ether oxygens (including phenoxy) is 3. The fourth-order valence-electron chi connectivity index (χ4n) is 3.49. The first-order valence-electron chi connectivity index (χ1n) is 10.9. The molecular formula is C25H29N3O5. The van der Waals surface area contributed by atoms with Gasteiger partial charge < -0.3 is 24.1 Å². The van der Waals surface area contributed by atoms with Crippen LogP contribution in [0, 0.1) is 31.1 Å². The van der Waals surface area contributed by atoms with Crippen LogP contribution < -0.4 is 14.8 Å². The van der Waals surface area contributed by atoms with Gasteiger partial charge in [0.1, 0.15) is 11.6 Å². The summed E-state index contributed by atoms with van der Waals surface area (Å²) in [4.78, 5) is 25.1. The predicted octanol–water partition coefficient (Wildman–Crippen LogP) is 4.36. The Morgan fingerprint density at radius 2 is 1.94 bits per heavy atom. The topological polar surface area (TPSA) is 103 Å².